The van der Waals surface area contributed by atoms with Crippen LogP contribution in [-0.2, 0) is 6.61 Å². The van der Waals surface area contributed by atoms with Gasteiger partial charge in [0.15, 0.2) is 11.5 Å². The first-order chi connectivity index (χ1) is 17.3. The standard InChI is InChI=1S/C27H24Br3N3O3/c1-4-35-22-12-18(23(29)24(30)25(22)36-15-17-8-6-5-7-9-17)14-31-33-26(16(2)3)32-21-11-10-19(28)13-20(21)27(33)34/h5-14,16H,4,15H2,1-3H3. The van der Waals surface area contributed by atoms with Gasteiger partial charge in [-0.15, -0.1) is 0 Å². The number of rotatable bonds is 8. The van der Waals surface area contributed by atoms with Crippen molar-refractivity contribution in [1.82, 2.24) is 9.66 Å². The van der Waals surface area contributed by atoms with Crippen LogP contribution in [0.15, 0.2) is 77.9 Å². The smallest absolute Gasteiger partial charge is 0.282 e. The third-order valence-electron chi connectivity index (χ3n) is 5.34. The first kappa shape index (κ1) is 26.6. The summed E-state index contributed by atoms with van der Waals surface area (Å²) in [6.07, 6.45) is 1.62. The largest absolute Gasteiger partial charge is 0.490 e. The van der Waals surface area contributed by atoms with E-state index in [0.717, 1.165) is 14.5 Å². The van der Waals surface area contributed by atoms with Crippen LogP contribution in [0.3, 0.4) is 0 Å². The van der Waals surface area contributed by atoms with Crippen molar-refractivity contribution in [2.75, 3.05) is 6.61 Å². The number of halogens is 3. The van der Waals surface area contributed by atoms with Crippen LogP contribution in [0.4, 0.5) is 0 Å². The van der Waals surface area contributed by atoms with Crippen LogP contribution >= 0.6 is 47.8 Å². The van der Waals surface area contributed by atoms with Gasteiger partial charge in [0, 0.05) is 20.4 Å². The molecule has 0 saturated carbocycles. The Bertz CT molecular complexity index is 1490. The molecule has 0 aliphatic heterocycles. The van der Waals surface area contributed by atoms with Gasteiger partial charge < -0.3 is 9.47 Å². The number of fused-ring (bicyclic) bond motifs is 1. The Morgan fingerprint density at radius 3 is 2.47 bits per heavy atom. The normalized spacial score (nSPS) is 11.5. The molecule has 0 saturated heterocycles. The van der Waals surface area contributed by atoms with Gasteiger partial charge in [0.2, 0.25) is 0 Å². The summed E-state index contributed by atoms with van der Waals surface area (Å²) in [5.41, 5.74) is 2.17. The molecule has 0 unspecified atom stereocenters. The monoisotopic (exact) mass is 675 g/mol. The van der Waals surface area contributed by atoms with Gasteiger partial charge in [-0.25, -0.2) is 4.98 Å². The maximum atomic E-state index is 13.3. The zero-order valence-corrected chi connectivity index (χ0v) is 24.7. The van der Waals surface area contributed by atoms with Crippen molar-refractivity contribution in [2.45, 2.75) is 33.3 Å². The summed E-state index contributed by atoms with van der Waals surface area (Å²) in [5.74, 6) is 1.73. The van der Waals surface area contributed by atoms with E-state index in [9.17, 15) is 4.79 Å². The van der Waals surface area contributed by atoms with E-state index in [2.05, 4.69) is 52.9 Å². The van der Waals surface area contributed by atoms with Gasteiger partial charge in [-0.2, -0.15) is 9.78 Å². The van der Waals surface area contributed by atoms with Crippen LogP contribution in [0.2, 0.25) is 0 Å². The third kappa shape index (κ3) is 5.74. The molecule has 0 N–H and O–H groups in total. The van der Waals surface area contributed by atoms with Crippen LogP contribution in [0.5, 0.6) is 11.5 Å². The van der Waals surface area contributed by atoms with Crippen LogP contribution in [0.1, 0.15) is 43.6 Å². The lowest BCUT2D eigenvalue weighted by molar-refractivity contribution is 0.267. The molecule has 3 aromatic carbocycles. The molecule has 186 valence electrons. The fraction of sp³-hybridized carbons (Fsp3) is 0.222. The van der Waals surface area contributed by atoms with Gasteiger partial charge in [0.05, 0.1) is 28.2 Å². The van der Waals surface area contributed by atoms with Crippen molar-refractivity contribution in [3.63, 3.8) is 0 Å². The molecular formula is C27H24Br3N3O3. The highest BCUT2D eigenvalue weighted by Gasteiger charge is 2.18. The zero-order valence-electron chi connectivity index (χ0n) is 20.0. The van der Waals surface area contributed by atoms with Crippen molar-refractivity contribution in [3.8, 4) is 11.5 Å². The van der Waals surface area contributed by atoms with Crippen molar-refractivity contribution >= 4 is 64.9 Å². The average molecular weight is 678 g/mol. The van der Waals surface area contributed by atoms with Crippen LogP contribution in [0.25, 0.3) is 10.9 Å². The van der Waals surface area contributed by atoms with Crippen molar-refractivity contribution in [3.05, 3.63) is 95.3 Å². The Morgan fingerprint density at radius 2 is 1.78 bits per heavy atom. The number of benzene rings is 3. The third-order valence-corrected chi connectivity index (χ3v) is 7.98. The lowest BCUT2D eigenvalue weighted by Crippen LogP contribution is -2.23. The van der Waals surface area contributed by atoms with Gasteiger partial charge in [0.1, 0.15) is 12.4 Å². The first-order valence-electron chi connectivity index (χ1n) is 11.4. The Hall–Kier alpha value is -2.49. The molecule has 0 aliphatic carbocycles. The van der Waals surface area contributed by atoms with E-state index in [1.807, 2.05) is 69.3 Å². The van der Waals surface area contributed by atoms with Crippen molar-refractivity contribution in [1.29, 1.82) is 0 Å². The number of aromatic nitrogens is 2. The molecule has 36 heavy (non-hydrogen) atoms. The van der Waals surface area contributed by atoms with E-state index in [0.29, 0.717) is 51.5 Å². The second kappa shape index (κ2) is 11.7. The summed E-state index contributed by atoms with van der Waals surface area (Å²) < 4.78 is 15.6. The molecule has 0 fully saturated rings. The Morgan fingerprint density at radius 1 is 1.03 bits per heavy atom. The first-order valence-corrected chi connectivity index (χ1v) is 13.8. The highest BCUT2D eigenvalue weighted by Crippen LogP contribution is 2.43. The minimum absolute atomic E-state index is 0.00850. The predicted octanol–water partition coefficient (Wildman–Crippen LogP) is 7.67. The quantitative estimate of drug-likeness (QED) is 0.180. The molecule has 1 aromatic heterocycles. The molecule has 0 bridgehead atoms. The average Bonchev–Trinajstić information content (AvgIpc) is 2.86. The van der Waals surface area contributed by atoms with Crippen LogP contribution in [-0.4, -0.2) is 22.5 Å². The maximum absolute atomic E-state index is 13.3. The van der Waals surface area contributed by atoms with E-state index in [1.165, 1.54) is 4.68 Å². The number of hydrogen-bond donors (Lipinski definition) is 0. The predicted molar refractivity (Wildman–Crippen MR) is 155 cm³/mol. The Labute approximate surface area is 234 Å². The summed E-state index contributed by atoms with van der Waals surface area (Å²) in [7, 11) is 0. The number of ether oxygens (including phenoxy) is 2. The second-order valence-electron chi connectivity index (χ2n) is 8.28. The number of hydrogen-bond acceptors (Lipinski definition) is 5. The van der Waals surface area contributed by atoms with E-state index < -0.39 is 0 Å². The summed E-state index contributed by atoms with van der Waals surface area (Å²) in [4.78, 5) is 18.1. The Kier molecular flexibility index (Phi) is 8.64. The molecule has 0 aliphatic rings. The molecule has 4 aromatic rings. The lowest BCUT2D eigenvalue weighted by atomic mass is 10.2. The van der Waals surface area contributed by atoms with Gasteiger partial charge in [0.25, 0.3) is 5.56 Å². The molecular weight excluding hydrogens is 654 g/mol. The molecule has 0 radical (unpaired) electrons. The Balaban J connectivity index is 1.76. The van der Waals surface area contributed by atoms with Gasteiger partial charge in [-0.05, 0) is 68.6 Å². The lowest BCUT2D eigenvalue weighted by Gasteiger charge is -2.16. The van der Waals surface area contributed by atoms with Gasteiger partial charge in [-0.3, -0.25) is 4.79 Å². The van der Waals surface area contributed by atoms with Gasteiger partial charge in [-0.1, -0.05) is 60.1 Å². The maximum Gasteiger partial charge on any atom is 0.282 e. The highest BCUT2D eigenvalue weighted by atomic mass is 79.9. The topological polar surface area (TPSA) is 65.7 Å². The number of nitrogens with zero attached hydrogens (tertiary/aromatic N) is 3. The minimum atomic E-state index is -0.232. The van der Waals surface area contributed by atoms with Crippen molar-refractivity contribution in [2.24, 2.45) is 5.10 Å². The molecule has 9 heteroatoms. The SMILES string of the molecule is CCOc1cc(C=Nn2c(C(C)C)nc3ccc(Br)cc3c2=O)c(Br)c(Br)c1OCc1ccccc1. The van der Waals surface area contributed by atoms with E-state index >= 15 is 0 Å². The summed E-state index contributed by atoms with van der Waals surface area (Å²) in [5, 5.41) is 5.05. The molecule has 4 rings (SSSR count). The van der Waals surface area contributed by atoms with Crippen molar-refractivity contribution < 1.29 is 9.47 Å². The molecule has 0 amide bonds. The molecule has 6 nitrogen and oxygen atoms in total. The fourth-order valence-corrected chi connectivity index (χ4v) is 4.89. The second-order valence-corrected chi connectivity index (χ2v) is 10.8. The van der Waals surface area contributed by atoms with Crippen LogP contribution < -0.4 is 15.0 Å². The van der Waals surface area contributed by atoms with E-state index in [4.69, 9.17) is 14.5 Å². The van der Waals surface area contributed by atoms with Gasteiger partial charge >= 0.3 is 0 Å². The van der Waals surface area contributed by atoms with E-state index in [1.54, 1.807) is 12.3 Å². The zero-order chi connectivity index (χ0) is 25.8. The summed E-state index contributed by atoms with van der Waals surface area (Å²) >= 11 is 10.7. The molecule has 0 spiro atoms. The highest BCUT2D eigenvalue weighted by molar-refractivity contribution is 9.13. The molecule has 1 heterocycles. The minimum Gasteiger partial charge on any atom is -0.490 e. The fourth-order valence-electron chi connectivity index (χ4n) is 3.60. The molecule has 0 atom stereocenters. The summed E-state index contributed by atoms with van der Waals surface area (Å²) in [6.45, 7) is 6.74. The van der Waals surface area contributed by atoms with E-state index in [-0.39, 0.29) is 11.5 Å². The summed E-state index contributed by atoms with van der Waals surface area (Å²) in [6, 6.07) is 17.2. The van der Waals surface area contributed by atoms with Crippen LogP contribution in [0, 0.1) is 0 Å².